The van der Waals surface area contributed by atoms with E-state index in [1.54, 1.807) is 37.4 Å². The van der Waals surface area contributed by atoms with Crippen LogP contribution in [0.4, 0.5) is 29.3 Å². The summed E-state index contributed by atoms with van der Waals surface area (Å²) in [6.07, 6.45) is -2.01. The number of urea groups is 1. The Labute approximate surface area is 209 Å². The summed E-state index contributed by atoms with van der Waals surface area (Å²) in [5.41, 5.74) is 1.42. The van der Waals surface area contributed by atoms with E-state index in [1.165, 1.54) is 41.4 Å². The SMILES string of the molecule is COc1ccc(N(C)C(=O)c2cnccc2CN2CC(=O)N(c3ccc(OC(F)(F)F)cc3)C2=O)cc1. The molecule has 4 rings (SSSR count). The van der Waals surface area contributed by atoms with E-state index in [9.17, 15) is 27.6 Å². The molecular weight excluding hydrogens is 493 g/mol. The number of aromatic nitrogens is 1. The van der Waals surface area contributed by atoms with Crippen LogP contribution in [0.15, 0.2) is 67.0 Å². The topological polar surface area (TPSA) is 92.3 Å². The summed E-state index contributed by atoms with van der Waals surface area (Å²) in [4.78, 5) is 46.4. The van der Waals surface area contributed by atoms with Crippen molar-refractivity contribution in [3.8, 4) is 11.5 Å². The van der Waals surface area contributed by atoms with E-state index in [-0.39, 0.29) is 30.2 Å². The number of pyridine rings is 1. The third-order valence-electron chi connectivity index (χ3n) is 5.63. The van der Waals surface area contributed by atoms with Gasteiger partial charge in [0.25, 0.3) is 11.8 Å². The standard InChI is InChI=1S/C25H21F3N4O5/c1-30(17-3-7-19(36-2)8-4-17)23(34)21-13-29-12-11-16(21)14-31-15-22(33)32(24(31)35)18-5-9-20(10-6-18)37-25(26,27)28/h3-13H,14-15H2,1-2H3. The van der Waals surface area contributed by atoms with Crippen LogP contribution in [0.3, 0.4) is 0 Å². The van der Waals surface area contributed by atoms with Crippen LogP contribution in [0.1, 0.15) is 15.9 Å². The molecule has 0 N–H and O–H groups in total. The Morgan fingerprint density at radius 2 is 1.68 bits per heavy atom. The first kappa shape index (κ1) is 25.5. The number of carbonyl (C=O) groups is 3. The Bertz CT molecular complexity index is 1310. The van der Waals surface area contributed by atoms with Gasteiger partial charge in [-0.25, -0.2) is 9.69 Å². The molecule has 1 aromatic heterocycles. The first-order valence-corrected chi connectivity index (χ1v) is 10.9. The largest absolute Gasteiger partial charge is 0.573 e. The van der Waals surface area contributed by atoms with Gasteiger partial charge in [-0.1, -0.05) is 0 Å². The van der Waals surface area contributed by atoms with Crippen molar-refractivity contribution in [2.45, 2.75) is 12.9 Å². The highest BCUT2D eigenvalue weighted by Crippen LogP contribution is 2.28. The number of hydrogen-bond acceptors (Lipinski definition) is 6. The summed E-state index contributed by atoms with van der Waals surface area (Å²) in [6.45, 7) is -0.333. The number of anilines is 2. The number of ether oxygens (including phenoxy) is 2. The van der Waals surface area contributed by atoms with E-state index in [4.69, 9.17) is 4.74 Å². The molecule has 0 saturated carbocycles. The Balaban J connectivity index is 1.51. The molecule has 0 atom stereocenters. The summed E-state index contributed by atoms with van der Waals surface area (Å²) in [5.74, 6) is -0.779. The van der Waals surface area contributed by atoms with Crippen LogP contribution in [-0.2, 0) is 11.3 Å². The van der Waals surface area contributed by atoms with E-state index < -0.39 is 24.1 Å². The summed E-state index contributed by atoms with van der Waals surface area (Å²) < 4.78 is 46.2. The maximum Gasteiger partial charge on any atom is 0.573 e. The number of benzene rings is 2. The molecule has 12 heteroatoms. The summed E-state index contributed by atoms with van der Waals surface area (Å²) in [5, 5.41) is 0. The van der Waals surface area contributed by atoms with E-state index >= 15 is 0 Å². The van der Waals surface area contributed by atoms with E-state index in [0.717, 1.165) is 17.0 Å². The second kappa shape index (κ2) is 10.2. The molecule has 0 bridgehead atoms. The smallest absolute Gasteiger partial charge is 0.497 e. The molecule has 2 aromatic carbocycles. The molecule has 3 aromatic rings. The van der Waals surface area contributed by atoms with Gasteiger partial charge in [-0.05, 0) is 60.2 Å². The van der Waals surface area contributed by atoms with Gasteiger partial charge in [0.05, 0.1) is 18.4 Å². The number of methoxy groups -OCH3 is 1. The van der Waals surface area contributed by atoms with Gasteiger partial charge in [-0.3, -0.25) is 14.6 Å². The zero-order valence-electron chi connectivity index (χ0n) is 19.7. The number of halogens is 3. The van der Waals surface area contributed by atoms with Gasteiger partial charge in [0.1, 0.15) is 18.0 Å². The maximum atomic E-state index is 13.2. The van der Waals surface area contributed by atoms with E-state index in [0.29, 0.717) is 17.0 Å². The Kier molecular flexibility index (Phi) is 7.00. The highest BCUT2D eigenvalue weighted by molar-refractivity contribution is 6.19. The molecule has 9 nitrogen and oxygen atoms in total. The zero-order chi connectivity index (χ0) is 26.7. The average Bonchev–Trinajstić information content (AvgIpc) is 3.15. The lowest BCUT2D eigenvalue weighted by atomic mass is 10.1. The monoisotopic (exact) mass is 514 g/mol. The number of carbonyl (C=O) groups excluding carboxylic acids is 3. The summed E-state index contributed by atoms with van der Waals surface area (Å²) >= 11 is 0. The first-order valence-electron chi connectivity index (χ1n) is 10.9. The molecule has 0 aliphatic carbocycles. The molecule has 0 radical (unpaired) electrons. The quantitative estimate of drug-likeness (QED) is 0.438. The third-order valence-corrected chi connectivity index (χ3v) is 5.63. The minimum atomic E-state index is -4.86. The second-order valence-electron chi connectivity index (χ2n) is 8.00. The molecule has 1 aliphatic rings. The van der Waals surface area contributed by atoms with Crippen molar-refractivity contribution in [3.05, 3.63) is 78.1 Å². The lowest BCUT2D eigenvalue weighted by Gasteiger charge is -2.21. The molecule has 4 amide bonds. The number of nitrogens with zero attached hydrogens (tertiary/aromatic N) is 4. The fraction of sp³-hybridized carbons (Fsp3) is 0.200. The summed E-state index contributed by atoms with van der Waals surface area (Å²) in [7, 11) is 3.13. The number of alkyl halides is 3. The molecule has 1 fully saturated rings. The normalized spacial score (nSPS) is 13.6. The van der Waals surface area contributed by atoms with Crippen LogP contribution in [0, 0.1) is 0 Å². The Morgan fingerprint density at radius 1 is 1.03 bits per heavy atom. The van der Waals surface area contributed by atoms with Gasteiger partial charge >= 0.3 is 12.4 Å². The van der Waals surface area contributed by atoms with Crippen LogP contribution in [0.2, 0.25) is 0 Å². The molecule has 1 aliphatic heterocycles. The van der Waals surface area contributed by atoms with Gasteiger partial charge < -0.3 is 19.3 Å². The predicted molar refractivity (Wildman–Crippen MR) is 126 cm³/mol. The zero-order valence-corrected chi connectivity index (χ0v) is 19.7. The van der Waals surface area contributed by atoms with Gasteiger partial charge in [-0.2, -0.15) is 0 Å². The minimum absolute atomic E-state index is 0.0591. The number of imide groups is 1. The van der Waals surface area contributed by atoms with Gasteiger partial charge in [0.15, 0.2) is 0 Å². The molecule has 192 valence electrons. The van der Waals surface area contributed by atoms with Crippen LogP contribution in [0.25, 0.3) is 0 Å². The molecule has 37 heavy (non-hydrogen) atoms. The molecule has 0 spiro atoms. The van der Waals surface area contributed by atoms with E-state index in [1.807, 2.05) is 0 Å². The highest BCUT2D eigenvalue weighted by Gasteiger charge is 2.38. The van der Waals surface area contributed by atoms with Crippen molar-refractivity contribution in [1.29, 1.82) is 0 Å². The van der Waals surface area contributed by atoms with Crippen molar-refractivity contribution in [1.82, 2.24) is 9.88 Å². The van der Waals surface area contributed by atoms with Crippen molar-refractivity contribution in [2.75, 3.05) is 30.5 Å². The van der Waals surface area contributed by atoms with Crippen LogP contribution >= 0.6 is 0 Å². The van der Waals surface area contributed by atoms with Crippen molar-refractivity contribution in [3.63, 3.8) is 0 Å². The van der Waals surface area contributed by atoms with Gasteiger partial charge in [0, 0.05) is 31.7 Å². The van der Waals surface area contributed by atoms with E-state index in [2.05, 4.69) is 9.72 Å². The number of amides is 4. The molecular formula is C25H21F3N4O5. The second-order valence-corrected chi connectivity index (χ2v) is 8.00. The lowest BCUT2D eigenvalue weighted by Crippen LogP contribution is -2.33. The Morgan fingerprint density at radius 3 is 2.30 bits per heavy atom. The maximum absolute atomic E-state index is 13.2. The fourth-order valence-corrected chi connectivity index (χ4v) is 3.79. The minimum Gasteiger partial charge on any atom is -0.497 e. The average molecular weight is 514 g/mol. The predicted octanol–water partition coefficient (Wildman–Crippen LogP) is 4.23. The molecule has 0 unspecified atom stereocenters. The number of hydrogen-bond donors (Lipinski definition) is 0. The van der Waals surface area contributed by atoms with Crippen LogP contribution in [-0.4, -0.2) is 54.8 Å². The third kappa shape index (κ3) is 5.63. The van der Waals surface area contributed by atoms with Crippen molar-refractivity contribution in [2.24, 2.45) is 0 Å². The van der Waals surface area contributed by atoms with Crippen LogP contribution in [0.5, 0.6) is 11.5 Å². The Hall–Kier alpha value is -4.61. The van der Waals surface area contributed by atoms with Crippen molar-refractivity contribution >= 4 is 29.2 Å². The first-order chi connectivity index (χ1) is 17.6. The van der Waals surface area contributed by atoms with Crippen LogP contribution < -0.4 is 19.3 Å². The summed E-state index contributed by atoms with van der Waals surface area (Å²) in [6, 6.07) is 12.2. The van der Waals surface area contributed by atoms with Gasteiger partial charge in [0.2, 0.25) is 0 Å². The number of rotatable bonds is 7. The molecule has 2 heterocycles. The fourth-order valence-electron chi connectivity index (χ4n) is 3.79. The highest BCUT2D eigenvalue weighted by atomic mass is 19.4. The lowest BCUT2D eigenvalue weighted by molar-refractivity contribution is -0.274. The van der Waals surface area contributed by atoms with Crippen molar-refractivity contribution < 1.29 is 37.0 Å². The molecule has 1 saturated heterocycles. The van der Waals surface area contributed by atoms with Gasteiger partial charge in [-0.15, -0.1) is 13.2 Å².